The molecule has 2 rings (SSSR count). The van der Waals surface area contributed by atoms with Crippen LogP contribution in [0.25, 0.3) is 0 Å². The number of nitrogens with one attached hydrogen (secondary N) is 1. The minimum atomic E-state index is -3.81. The van der Waals surface area contributed by atoms with Crippen molar-refractivity contribution in [2.75, 3.05) is 25.2 Å². The molecule has 2 amide bonds. The molecular formula is C20H26FN3O4S. The van der Waals surface area contributed by atoms with Crippen LogP contribution in [0.5, 0.6) is 0 Å². The number of sulfone groups is 1. The molecular weight excluding hydrogens is 397 g/mol. The topological polar surface area (TPSA) is 88.5 Å². The molecule has 158 valence electrons. The molecule has 9 heteroatoms. The smallest absolute Gasteiger partial charge is 0.272 e. The van der Waals surface area contributed by atoms with Crippen LogP contribution in [0.15, 0.2) is 35.4 Å². The number of carbonyl (C=O) groups is 2. The molecule has 0 spiro atoms. The highest BCUT2D eigenvalue weighted by molar-refractivity contribution is 7.91. The summed E-state index contributed by atoms with van der Waals surface area (Å²) < 4.78 is 40.5. The van der Waals surface area contributed by atoms with Crippen LogP contribution in [-0.2, 0) is 21.7 Å². The molecule has 1 aromatic carbocycles. The van der Waals surface area contributed by atoms with Gasteiger partial charge in [0, 0.05) is 33.0 Å². The number of aromatic nitrogens is 1. The summed E-state index contributed by atoms with van der Waals surface area (Å²) in [7, 11) is 0.877. The Kier molecular flexibility index (Phi) is 6.22. The van der Waals surface area contributed by atoms with Crippen LogP contribution >= 0.6 is 0 Å². The van der Waals surface area contributed by atoms with E-state index in [9.17, 15) is 22.4 Å². The molecule has 1 N–H and O–H groups in total. The lowest BCUT2D eigenvalue weighted by molar-refractivity contribution is -0.136. The predicted octanol–water partition coefficient (Wildman–Crippen LogP) is 2.61. The van der Waals surface area contributed by atoms with Gasteiger partial charge in [-0.1, -0.05) is 13.8 Å². The van der Waals surface area contributed by atoms with Gasteiger partial charge < -0.3 is 14.8 Å². The van der Waals surface area contributed by atoms with Crippen molar-refractivity contribution in [1.82, 2.24) is 9.47 Å². The number of carbonyl (C=O) groups excluding carboxylic acids is 2. The minimum Gasteiger partial charge on any atom is -0.348 e. The van der Waals surface area contributed by atoms with E-state index in [1.54, 1.807) is 41.9 Å². The van der Waals surface area contributed by atoms with Gasteiger partial charge in [-0.25, -0.2) is 12.8 Å². The van der Waals surface area contributed by atoms with E-state index < -0.39 is 21.2 Å². The molecule has 1 aromatic heterocycles. The van der Waals surface area contributed by atoms with Crippen LogP contribution in [0.4, 0.5) is 10.1 Å². The molecule has 0 aliphatic carbocycles. The van der Waals surface area contributed by atoms with Crippen LogP contribution in [0, 0.1) is 18.2 Å². The van der Waals surface area contributed by atoms with Crippen molar-refractivity contribution in [3.63, 3.8) is 0 Å². The standard InChI is InChI=1S/C20H26FN3O4S/c1-13-9-14(7-8-16(13)21)22-18(25)17-10-15(11-24(17)6)29(27,28)12-20(2,3)19(26)23(4)5/h7-11H,12H2,1-6H3,(H,22,25). The van der Waals surface area contributed by atoms with E-state index in [0.29, 0.717) is 11.3 Å². The van der Waals surface area contributed by atoms with Crippen molar-refractivity contribution in [3.05, 3.63) is 47.5 Å². The zero-order valence-electron chi connectivity index (χ0n) is 17.4. The Hall–Kier alpha value is -2.68. The molecule has 0 saturated heterocycles. The molecule has 0 fully saturated rings. The first-order chi connectivity index (χ1) is 13.2. The van der Waals surface area contributed by atoms with Crippen LogP contribution in [0.3, 0.4) is 0 Å². The molecule has 29 heavy (non-hydrogen) atoms. The van der Waals surface area contributed by atoms with Gasteiger partial charge in [-0.15, -0.1) is 0 Å². The number of anilines is 1. The molecule has 0 aliphatic heterocycles. The molecule has 2 aromatic rings. The largest absolute Gasteiger partial charge is 0.348 e. The SMILES string of the molecule is Cc1cc(NC(=O)c2cc(S(=O)(=O)CC(C)(C)C(=O)N(C)C)cn2C)ccc1F. The molecule has 0 atom stereocenters. The van der Waals surface area contributed by atoms with Crippen LogP contribution in [0.2, 0.25) is 0 Å². The maximum Gasteiger partial charge on any atom is 0.272 e. The highest BCUT2D eigenvalue weighted by Crippen LogP contribution is 2.26. The van der Waals surface area contributed by atoms with E-state index in [-0.39, 0.29) is 28.1 Å². The second-order valence-electron chi connectivity index (χ2n) is 7.93. The van der Waals surface area contributed by atoms with E-state index in [4.69, 9.17) is 0 Å². The minimum absolute atomic E-state index is 0.0416. The summed E-state index contributed by atoms with van der Waals surface area (Å²) in [6.45, 7) is 4.72. The highest BCUT2D eigenvalue weighted by Gasteiger charge is 2.36. The van der Waals surface area contributed by atoms with Gasteiger partial charge in [-0.2, -0.15) is 0 Å². The Bertz CT molecular complexity index is 1060. The maximum atomic E-state index is 13.4. The average Bonchev–Trinajstić information content (AvgIpc) is 2.99. The fourth-order valence-corrected chi connectivity index (χ4v) is 4.92. The summed E-state index contributed by atoms with van der Waals surface area (Å²) in [6, 6.07) is 5.44. The quantitative estimate of drug-likeness (QED) is 0.774. The van der Waals surface area contributed by atoms with E-state index in [0.717, 1.165) is 0 Å². The van der Waals surface area contributed by atoms with Crippen LogP contribution in [-0.4, -0.2) is 49.5 Å². The molecule has 1 heterocycles. The van der Waals surface area contributed by atoms with E-state index in [2.05, 4.69) is 5.32 Å². The third-order valence-electron chi connectivity index (χ3n) is 4.52. The van der Waals surface area contributed by atoms with Gasteiger partial charge in [0.1, 0.15) is 11.5 Å². The first-order valence-corrected chi connectivity index (χ1v) is 10.6. The monoisotopic (exact) mass is 423 g/mol. The van der Waals surface area contributed by atoms with Gasteiger partial charge in [-0.3, -0.25) is 9.59 Å². The summed E-state index contributed by atoms with van der Waals surface area (Å²) in [6.07, 6.45) is 1.34. The lowest BCUT2D eigenvalue weighted by Crippen LogP contribution is -2.40. The Balaban J connectivity index is 2.27. The maximum absolute atomic E-state index is 13.4. The van der Waals surface area contributed by atoms with Gasteiger partial charge >= 0.3 is 0 Å². The lowest BCUT2D eigenvalue weighted by atomic mass is 9.95. The predicted molar refractivity (Wildman–Crippen MR) is 109 cm³/mol. The highest BCUT2D eigenvalue weighted by atomic mass is 32.2. The number of halogens is 1. The summed E-state index contributed by atoms with van der Waals surface area (Å²) in [5, 5.41) is 2.63. The number of nitrogens with zero attached hydrogens (tertiary/aromatic N) is 2. The molecule has 0 saturated carbocycles. The summed E-state index contributed by atoms with van der Waals surface area (Å²) in [5.74, 6) is -1.60. The van der Waals surface area contributed by atoms with Crippen molar-refractivity contribution in [1.29, 1.82) is 0 Å². The van der Waals surface area contributed by atoms with Crippen molar-refractivity contribution in [2.24, 2.45) is 12.5 Å². The average molecular weight is 424 g/mol. The third-order valence-corrected chi connectivity index (χ3v) is 6.57. The fourth-order valence-electron chi connectivity index (χ4n) is 3.07. The summed E-state index contributed by atoms with van der Waals surface area (Å²) in [5.41, 5.74) is -0.211. The first kappa shape index (κ1) is 22.6. The Morgan fingerprint density at radius 2 is 1.83 bits per heavy atom. The van der Waals surface area contributed by atoms with E-state index >= 15 is 0 Å². The van der Waals surface area contributed by atoms with Crippen molar-refractivity contribution >= 4 is 27.3 Å². The molecule has 7 nitrogen and oxygen atoms in total. The first-order valence-electron chi connectivity index (χ1n) is 8.93. The summed E-state index contributed by atoms with van der Waals surface area (Å²) >= 11 is 0. The molecule has 0 unspecified atom stereocenters. The fraction of sp³-hybridized carbons (Fsp3) is 0.400. The number of hydrogen-bond donors (Lipinski definition) is 1. The van der Waals surface area contributed by atoms with Gasteiger partial charge in [0.15, 0.2) is 9.84 Å². The second kappa shape index (κ2) is 7.98. The number of rotatable bonds is 6. The van der Waals surface area contributed by atoms with Crippen molar-refractivity contribution in [3.8, 4) is 0 Å². The second-order valence-corrected chi connectivity index (χ2v) is 9.92. The Labute approximate surface area is 170 Å². The van der Waals surface area contributed by atoms with Gasteiger partial charge in [-0.05, 0) is 36.8 Å². The number of hydrogen-bond acceptors (Lipinski definition) is 4. The zero-order valence-corrected chi connectivity index (χ0v) is 18.2. The van der Waals surface area contributed by atoms with E-state index in [1.807, 2.05) is 0 Å². The van der Waals surface area contributed by atoms with Gasteiger partial charge in [0.2, 0.25) is 5.91 Å². The molecule has 0 radical (unpaired) electrons. The van der Waals surface area contributed by atoms with Crippen molar-refractivity contribution in [2.45, 2.75) is 25.7 Å². The molecule has 0 aliphatic rings. The Morgan fingerprint density at radius 3 is 2.38 bits per heavy atom. The van der Waals surface area contributed by atoms with Gasteiger partial charge in [0.05, 0.1) is 16.1 Å². The van der Waals surface area contributed by atoms with Gasteiger partial charge in [0.25, 0.3) is 5.91 Å². The number of benzene rings is 1. The Morgan fingerprint density at radius 1 is 1.21 bits per heavy atom. The van der Waals surface area contributed by atoms with Crippen LogP contribution in [0.1, 0.15) is 29.9 Å². The number of amides is 2. The van der Waals surface area contributed by atoms with Crippen molar-refractivity contribution < 1.29 is 22.4 Å². The van der Waals surface area contributed by atoms with Crippen LogP contribution < -0.4 is 5.32 Å². The normalized spacial score (nSPS) is 12.0. The summed E-state index contributed by atoms with van der Waals surface area (Å²) in [4.78, 5) is 26.2. The lowest BCUT2D eigenvalue weighted by Gasteiger charge is -2.26. The zero-order chi connectivity index (χ0) is 22.1. The third kappa shape index (κ3) is 5.03. The molecule has 0 bridgehead atoms. The van der Waals surface area contributed by atoms with E-state index in [1.165, 1.54) is 39.9 Å². The number of aryl methyl sites for hydroxylation is 2.